The second-order valence-corrected chi connectivity index (χ2v) is 9.37. The van der Waals surface area contributed by atoms with Crippen LogP contribution >= 0.6 is 0 Å². The van der Waals surface area contributed by atoms with Crippen LogP contribution in [-0.2, 0) is 24.3 Å². The van der Waals surface area contributed by atoms with E-state index in [-0.39, 0.29) is 54.8 Å². The van der Waals surface area contributed by atoms with Gasteiger partial charge in [-0.2, -0.15) is 9.35 Å². The molecule has 0 radical (unpaired) electrons. The van der Waals surface area contributed by atoms with E-state index in [1.807, 2.05) is 30.6 Å². The molecule has 3 aliphatic heterocycles. The van der Waals surface area contributed by atoms with Crippen LogP contribution in [0.4, 0.5) is 4.79 Å². The Kier molecular flexibility index (Phi) is 7.50. The quantitative estimate of drug-likeness (QED) is 0.171. The molecule has 0 aliphatic carbocycles. The van der Waals surface area contributed by atoms with E-state index in [4.69, 9.17) is 4.84 Å². The van der Waals surface area contributed by atoms with Crippen molar-refractivity contribution in [2.24, 2.45) is 0 Å². The summed E-state index contributed by atoms with van der Waals surface area (Å²) >= 11 is 0. The van der Waals surface area contributed by atoms with E-state index in [0.717, 1.165) is 24.0 Å². The molecule has 3 saturated heterocycles. The van der Waals surface area contributed by atoms with Crippen molar-refractivity contribution < 1.29 is 61.2 Å². The number of fused-ring (bicyclic) bond motifs is 3. The molecule has 5 rings (SSSR count). The Morgan fingerprint density at radius 2 is 2.06 bits per heavy atom. The van der Waals surface area contributed by atoms with Crippen LogP contribution in [0.25, 0.3) is 11.0 Å². The Morgan fingerprint density at radius 1 is 1.26 bits per heavy atom. The molecule has 1 aromatic carbocycles. The Balaban J connectivity index is 0.00000274. The van der Waals surface area contributed by atoms with E-state index in [1.54, 1.807) is 0 Å². The fourth-order valence-electron chi connectivity index (χ4n) is 4.79. The van der Waals surface area contributed by atoms with Gasteiger partial charge < -0.3 is 19.3 Å². The van der Waals surface area contributed by atoms with E-state index < -0.39 is 34.4 Å². The number of carbonyl (C=O) groups is 2. The van der Waals surface area contributed by atoms with Crippen LogP contribution in [0.15, 0.2) is 30.6 Å². The molecule has 3 fully saturated rings. The van der Waals surface area contributed by atoms with Gasteiger partial charge in [-0.1, -0.05) is 12.1 Å². The number of amides is 3. The van der Waals surface area contributed by atoms with Gasteiger partial charge in [-0.25, -0.2) is 23.7 Å². The van der Waals surface area contributed by atoms with Crippen molar-refractivity contribution in [3.63, 3.8) is 0 Å². The van der Waals surface area contributed by atoms with Gasteiger partial charge in [-0.05, 0) is 31.4 Å². The van der Waals surface area contributed by atoms with Crippen molar-refractivity contribution in [1.29, 1.82) is 0 Å². The molecule has 3 amide bonds. The Hall–Kier alpha value is -1.78. The molecule has 2 N–H and O–H groups in total. The van der Waals surface area contributed by atoms with Crippen LogP contribution in [0.2, 0.25) is 0 Å². The number of para-hydroxylation sites is 2. The molecule has 0 unspecified atom stereocenters. The third-order valence-electron chi connectivity index (χ3n) is 6.33. The maximum Gasteiger partial charge on any atom is 1.00 e. The van der Waals surface area contributed by atoms with Gasteiger partial charge in [0.15, 0.2) is 0 Å². The van der Waals surface area contributed by atoms with Gasteiger partial charge in [-0.3, -0.25) is 9.63 Å². The Morgan fingerprint density at radius 3 is 2.85 bits per heavy atom. The molecule has 2 bridgehead atoms. The molecule has 4 atom stereocenters. The molecular weight excluding hydrogens is 479 g/mol. The maximum absolute atomic E-state index is 12.6. The number of imidazole rings is 1. The summed E-state index contributed by atoms with van der Waals surface area (Å²) in [6.45, 7) is 1.08. The predicted molar refractivity (Wildman–Crippen MR) is 111 cm³/mol. The fourth-order valence-corrected chi connectivity index (χ4v) is 5.17. The normalized spacial score (nSPS) is 26.7. The molecule has 2 aromatic rings. The second kappa shape index (κ2) is 10.1. The number of benzene rings is 1. The minimum Gasteiger partial charge on any atom is -0.724 e. The van der Waals surface area contributed by atoms with Crippen LogP contribution < -0.4 is 40.4 Å². The monoisotopic (exact) mass is 502 g/mol. The minimum atomic E-state index is -5.08. The van der Waals surface area contributed by atoms with Gasteiger partial charge in [0.05, 0.1) is 30.0 Å². The SMILES string of the molecule is O=C(NOC[C@@H]1C[C@@H](n2cnc3ccccc32)CN1)[C@@H]1CC[C@@H]2CN1C(=O)N2OS(=O)(=O)[O-].[Na+]. The van der Waals surface area contributed by atoms with Crippen LogP contribution in [0.1, 0.15) is 25.3 Å². The number of hydroxylamine groups is 3. The van der Waals surface area contributed by atoms with Crippen molar-refractivity contribution >= 4 is 33.4 Å². The van der Waals surface area contributed by atoms with E-state index >= 15 is 0 Å². The molecule has 13 nitrogen and oxygen atoms in total. The number of urea groups is 1. The number of nitrogens with zero attached hydrogens (tertiary/aromatic N) is 4. The molecule has 178 valence electrons. The first-order chi connectivity index (χ1) is 15.8. The van der Waals surface area contributed by atoms with E-state index in [2.05, 4.69) is 24.6 Å². The average Bonchev–Trinajstić information content (AvgIpc) is 3.47. The number of carbonyl (C=O) groups excluding carboxylic acids is 2. The standard InChI is InChI=1S/C19H24N6O7S.Na/c26-18(17-6-5-13-9-23(17)19(27)25(13)32-33(28,29)30)22-31-10-12-7-14(8-20-12)24-11-21-15-3-1-2-4-16(15)24;/h1-4,11-14,17,20H,5-10H2,(H,22,26)(H,28,29,30);/q;+1/p-1/t12-,13+,14+,17-;/m0./s1. The van der Waals surface area contributed by atoms with Crippen LogP contribution in [0.5, 0.6) is 0 Å². The van der Waals surface area contributed by atoms with Crippen molar-refractivity contribution in [2.75, 3.05) is 19.7 Å². The number of aromatic nitrogens is 2. The Labute approximate surface area is 217 Å². The van der Waals surface area contributed by atoms with Gasteiger partial charge in [0, 0.05) is 25.2 Å². The number of hydrogen-bond acceptors (Lipinski definition) is 9. The predicted octanol–water partition coefficient (Wildman–Crippen LogP) is -3.35. The van der Waals surface area contributed by atoms with Crippen molar-refractivity contribution in [2.45, 2.75) is 43.4 Å². The van der Waals surface area contributed by atoms with Gasteiger partial charge in [0.1, 0.15) is 6.04 Å². The summed E-state index contributed by atoms with van der Waals surface area (Å²) in [7, 11) is -5.08. The van der Waals surface area contributed by atoms with Crippen molar-refractivity contribution in [1.82, 2.24) is 30.3 Å². The Bertz CT molecular complexity index is 1180. The van der Waals surface area contributed by atoms with Crippen LogP contribution in [-0.4, -0.2) is 82.2 Å². The zero-order valence-corrected chi connectivity index (χ0v) is 21.3. The fraction of sp³-hybridized carbons (Fsp3) is 0.526. The van der Waals surface area contributed by atoms with Crippen LogP contribution in [0, 0.1) is 0 Å². The summed E-state index contributed by atoms with van der Waals surface area (Å²) in [4.78, 5) is 36.0. The van der Waals surface area contributed by atoms with Gasteiger partial charge >= 0.3 is 35.6 Å². The largest absolute Gasteiger partial charge is 1.00 e. The molecule has 3 aliphatic rings. The van der Waals surface area contributed by atoms with E-state index in [9.17, 15) is 22.6 Å². The molecular formula is C19H23N6NaO7S. The third-order valence-corrected chi connectivity index (χ3v) is 6.67. The van der Waals surface area contributed by atoms with Gasteiger partial charge in [0.2, 0.25) is 10.4 Å². The summed E-state index contributed by atoms with van der Waals surface area (Å²) < 4.78 is 39.0. The molecule has 0 saturated carbocycles. The van der Waals surface area contributed by atoms with Gasteiger partial charge in [-0.15, -0.1) is 0 Å². The summed E-state index contributed by atoms with van der Waals surface area (Å²) in [6, 6.07) is 5.89. The zero-order chi connectivity index (χ0) is 23.2. The summed E-state index contributed by atoms with van der Waals surface area (Å²) in [5.41, 5.74) is 4.39. The first-order valence-corrected chi connectivity index (χ1v) is 12.0. The summed E-state index contributed by atoms with van der Waals surface area (Å²) in [5.74, 6) is -0.510. The summed E-state index contributed by atoms with van der Waals surface area (Å²) in [5, 5.41) is 3.92. The second-order valence-electron chi connectivity index (χ2n) is 8.40. The first-order valence-electron chi connectivity index (χ1n) is 10.6. The topological polar surface area (TPSA) is 158 Å². The number of nitrogens with one attached hydrogen (secondary N) is 2. The maximum atomic E-state index is 12.6. The van der Waals surface area contributed by atoms with E-state index in [1.165, 1.54) is 4.90 Å². The number of piperidine rings is 1. The minimum absolute atomic E-state index is 0. The molecule has 34 heavy (non-hydrogen) atoms. The molecule has 0 spiro atoms. The number of hydrogen-bond donors (Lipinski definition) is 2. The first kappa shape index (κ1) is 25.3. The molecule has 1 aromatic heterocycles. The third kappa shape index (κ3) is 5.09. The van der Waals surface area contributed by atoms with Crippen molar-refractivity contribution in [3.8, 4) is 0 Å². The summed E-state index contributed by atoms with van der Waals surface area (Å²) in [6.07, 6.45) is 3.24. The van der Waals surface area contributed by atoms with E-state index in [0.29, 0.717) is 17.9 Å². The molecule has 15 heteroatoms. The van der Waals surface area contributed by atoms with Gasteiger partial charge in [0.25, 0.3) is 5.91 Å². The van der Waals surface area contributed by atoms with Crippen molar-refractivity contribution in [3.05, 3.63) is 30.6 Å². The average molecular weight is 502 g/mol. The smallest absolute Gasteiger partial charge is 0.724 e. The zero-order valence-electron chi connectivity index (χ0n) is 18.5. The van der Waals surface area contributed by atoms with Crippen LogP contribution in [0.3, 0.4) is 0 Å². The number of rotatable bonds is 7. The molecule has 4 heterocycles.